The highest BCUT2D eigenvalue weighted by molar-refractivity contribution is 7.91. The minimum Gasteiger partial charge on any atom is -0.310 e. The summed E-state index contributed by atoms with van der Waals surface area (Å²) in [7, 11) is -2.78. The first kappa shape index (κ1) is 15.5. The molecule has 0 aromatic heterocycles. The smallest absolute Gasteiger partial charge is 0.150 e. The zero-order valence-corrected chi connectivity index (χ0v) is 13.2. The van der Waals surface area contributed by atoms with Gasteiger partial charge >= 0.3 is 0 Å². The van der Waals surface area contributed by atoms with Crippen LogP contribution in [0.1, 0.15) is 43.9 Å². The Morgan fingerprint density at radius 3 is 2.45 bits per heavy atom. The predicted molar refractivity (Wildman–Crippen MR) is 83.6 cm³/mol. The van der Waals surface area contributed by atoms with E-state index in [1.807, 2.05) is 0 Å². The van der Waals surface area contributed by atoms with Gasteiger partial charge in [0, 0.05) is 6.04 Å². The van der Waals surface area contributed by atoms with Crippen LogP contribution in [0.3, 0.4) is 0 Å². The van der Waals surface area contributed by atoms with E-state index in [2.05, 4.69) is 43.4 Å². The molecule has 1 N–H and O–H groups in total. The Morgan fingerprint density at radius 1 is 1.25 bits per heavy atom. The van der Waals surface area contributed by atoms with Crippen molar-refractivity contribution in [1.82, 2.24) is 5.32 Å². The maximum atomic E-state index is 11.6. The van der Waals surface area contributed by atoms with Gasteiger partial charge in [-0.05, 0) is 42.9 Å². The Labute approximate surface area is 122 Å². The number of hydrogen-bond donors (Lipinski definition) is 1. The van der Waals surface area contributed by atoms with Gasteiger partial charge in [0.25, 0.3) is 0 Å². The van der Waals surface area contributed by atoms with Crippen molar-refractivity contribution in [3.8, 4) is 0 Å². The largest absolute Gasteiger partial charge is 0.310 e. The van der Waals surface area contributed by atoms with E-state index >= 15 is 0 Å². The lowest BCUT2D eigenvalue weighted by Gasteiger charge is -2.21. The number of rotatable bonds is 6. The molecule has 1 saturated heterocycles. The maximum Gasteiger partial charge on any atom is 0.150 e. The van der Waals surface area contributed by atoms with Crippen molar-refractivity contribution in [1.29, 1.82) is 0 Å². The molecule has 1 heterocycles. The molecule has 112 valence electrons. The van der Waals surface area contributed by atoms with E-state index in [0.29, 0.717) is 17.4 Å². The first-order chi connectivity index (χ1) is 9.54. The second-order valence-corrected chi connectivity index (χ2v) is 7.94. The summed E-state index contributed by atoms with van der Waals surface area (Å²) < 4.78 is 23.2. The molecule has 0 aliphatic carbocycles. The molecule has 1 aliphatic rings. The fraction of sp³-hybridized carbons (Fsp3) is 0.625. The first-order valence-corrected chi connectivity index (χ1v) is 9.39. The third-order valence-corrected chi connectivity index (χ3v) is 5.97. The number of benzene rings is 1. The molecule has 20 heavy (non-hydrogen) atoms. The molecule has 1 aliphatic heterocycles. The van der Waals surface area contributed by atoms with Gasteiger partial charge in [-0.15, -0.1) is 0 Å². The molecule has 2 rings (SSSR count). The summed E-state index contributed by atoms with van der Waals surface area (Å²) >= 11 is 0. The van der Waals surface area contributed by atoms with Crippen LogP contribution in [0, 0.1) is 5.92 Å². The third-order valence-electron chi connectivity index (χ3n) is 4.14. The van der Waals surface area contributed by atoms with Crippen LogP contribution in [0.5, 0.6) is 0 Å². The summed E-state index contributed by atoms with van der Waals surface area (Å²) in [5, 5.41) is 3.50. The van der Waals surface area contributed by atoms with Crippen LogP contribution in [-0.2, 0) is 16.3 Å². The third kappa shape index (κ3) is 4.06. The quantitative estimate of drug-likeness (QED) is 0.878. The number of nitrogens with one attached hydrogen (secondary N) is 1. The lowest BCUT2D eigenvalue weighted by atomic mass is 9.93. The summed E-state index contributed by atoms with van der Waals surface area (Å²) in [5.41, 5.74) is 2.61. The van der Waals surface area contributed by atoms with E-state index in [-0.39, 0.29) is 6.04 Å². The average molecular weight is 295 g/mol. The van der Waals surface area contributed by atoms with Gasteiger partial charge in [-0.1, -0.05) is 38.1 Å². The Bertz CT molecular complexity index is 522. The minimum absolute atomic E-state index is 0.268. The Balaban J connectivity index is 2.06. The zero-order valence-electron chi connectivity index (χ0n) is 12.4. The summed E-state index contributed by atoms with van der Waals surface area (Å²) in [6.07, 6.45) is 2.78. The number of aryl methyl sites for hydroxylation is 1. The zero-order chi connectivity index (χ0) is 14.6. The molecule has 0 spiro atoms. The van der Waals surface area contributed by atoms with E-state index in [0.717, 1.165) is 25.8 Å². The lowest BCUT2D eigenvalue weighted by Crippen LogP contribution is -2.24. The molecule has 0 saturated carbocycles. The fourth-order valence-electron chi connectivity index (χ4n) is 2.96. The van der Waals surface area contributed by atoms with Gasteiger partial charge in [0.05, 0.1) is 11.5 Å². The van der Waals surface area contributed by atoms with E-state index in [1.54, 1.807) is 0 Å². The second kappa shape index (κ2) is 6.72. The summed E-state index contributed by atoms with van der Waals surface area (Å²) in [6, 6.07) is 8.96. The van der Waals surface area contributed by atoms with Crippen LogP contribution in [-0.4, -0.2) is 26.5 Å². The molecule has 1 fully saturated rings. The van der Waals surface area contributed by atoms with Crippen molar-refractivity contribution in [3.63, 3.8) is 0 Å². The molecule has 0 amide bonds. The van der Waals surface area contributed by atoms with Crippen molar-refractivity contribution < 1.29 is 8.42 Å². The molecule has 0 radical (unpaired) electrons. The number of sulfone groups is 1. The SMILES string of the molecule is CCNC(CC1CCS(=O)(=O)C1)c1ccc(CC)cc1. The summed E-state index contributed by atoms with van der Waals surface area (Å²) in [4.78, 5) is 0. The highest BCUT2D eigenvalue weighted by atomic mass is 32.2. The summed E-state index contributed by atoms with van der Waals surface area (Å²) in [5.74, 6) is 1.03. The van der Waals surface area contributed by atoms with E-state index in [1.165, 1.54) is 11.1 Å². The monoisotopic (exact) mass is 295 g/mol. The van der Waals surface area contributed by atoms with E-state index < -0.39 is 9.84 Å². The van der Waals surface area contributed by atoms with Crippen molar-refractivity contribution in [2.45, 2.75) is 39.2 Å². The van der Waals surface area contributed by atoms with Crippen molar-refractivity contribution in [3.05, 3.63) is 35.4 Å². The Morgan fingerprint density at radius 2 is 1.95 bits per heavy atom. The van der Waals surface area contributed by atoms with E-state index in [9.17, 15) is 8.42 Å². The van der Waals surface area contributed by atoms with Gasteiger partial charge in [-0.25, -0.2) is 8.42 Å². The van der Waals surface area contributed by atoms with Crippen LogP contribution in [0.15, 0.2) is 24.3 Å². The molecule has 2 atom stereocenters. The average Bonchev–Trinajstić information content (AvgIpc) is 2.78. The minimum atomic E-state index is -2.78. The molecule has 3 nitrogen and oxygen atoms in total. The van der Waals surface area contributed by atoms with Crippen LogP contribution in [0.2, 0.25) is 0 Å². The molecule has 4 heteroatoms. The van der Waals surface area contributed by atoms with Crippen LogP contribution >= 0.6 is 0 Å². The Kier molecular flexibility index (Phi) is 5.22. The van der Waals surface area contributed by atoms with Crippen LogP contribution in [0.25, 0.3) is 0 Å². The molecule has 2 unspecified atom stereocenters. The van der Waals surface area contributed by atoms with Gasteiger partial charge in [-0.3, -0.25) is 0 Å². The second-order valence-electron chi connectivity index (χ2n) is 5.71. The van der Waals surface area contributed by atoms with Gasteiger partial charge in [0.1, 0.15) is 0 Å². The Hall–Kier alpha value is -0.870. The highest BCUT2D eigenvalue weighted by Gasteiger charge is 2.29. The van der Waals surface area contributed by atoms with Crippen molar-refractivity contribution in [2.75, 3.05) is 18.1 Å². The van der Waals surface area contributed by atoms with Crippen LogP contribution < -0.4 is 5.32 Å². The van der Waals surface area contributed by atoms with Crippen molar-refractivity contribution >= 4 is 9.84 Å². The normalized spacial score (nSPS) is 22.8. The fourth-order valence-corrected chi connectivity index (χ4v) is 4.84. The highest BCUT2D eigenvalue weighted by Crippen LogP contribution is 2.29. The first-order valence-electron chi connectivity index (χ1n) is 7.56. The van der Waals surface area contributed by atoms with Crippen molar-refractivity contribution in [2.24, 2.45) is 5.92 Å². The number of hydrogen-bond acceptors (Lipinski definition) is 3. The standard InChI is InChI=1S/C16H25NO2S/c1-3-13-5-7-15(8-6-13)16(17-4-2)11-14-9-10-20(18,19)12-14/h5-8,14,16-17H,3-4,9-12H2,1-2H3. The molecule has 1 aromatic rings. The van der Waals surface area contributed by atoms with Crippen LogP contribution in [0.4, 0.5) is 0 Å². The topological polar surface area (TPSA) is 46.2 Å². The van der Waals surface area contributed by atoms with Gasteiger partial charge < -0.3 is 5.32 Å². The summed E-state index contributed by atoms with van der Waals surface area (Å²) in [6.45, 7) is 5.15. The molecular formula is C16H25NO2S. The maximum absolute atomic E-state index is 11.6. The van der Waals surface area contributed by atoms with Gasteiger partial charge in [0.15, 0.2) is 9.84 Å². The van der Waals surface area contributed by atoms with Gasteiger partial charge in [-0.2, -0.15) is 0 Å². The molecule has 1 aromatic carbocycles. The van der Waals surface area contributed by atoms with E-state index in [4.69, 9.17) is 0 Å². The molecule has 0 bridgehead atoms. The van der Waals surface area contributed by atoms with Gasteiger partial charge in [0.2, 0.25) is 0 Å². The lowest BCUT2D eigenvalue weighted by molar-refractivity contribution is 0.422. The predicted octanol–water partition coefficient (Wildman–Crippen LogP) is 2.72. The molecular weight excluding hydrogens is 270 g/mol.